The van der Waals surface area contributed by atoms with Crippen LogP contribution in [0.2, 0.25) is 0 Å². The van der Waals surface area contributed by atoms with Crippen LogP contribution in [0, 0.1) is 5.92 Å². The van der Waals surface area contributed by atoms with Crippen molar-refractivity contribution in [2.75, 3.05) is 19.0 Å². The van der Waals surface area contributed by atoms with Crippen LogP contribution in [0.4, 0.5) is 5.69 Å². The number of esters is 1. The van der Waals surface area contributed by atoms with Crippen LogP contribution in [0.25, 0.3) is 10.8 Å². The summed E-state index contributed by atoms with van der Waals surface area (Å²) in [6.07, 6.45) is 6.21. The first-order valence-corrected chi connectivity index (χ1v) is 13.8. The Morgan fingerprint density at radius 2 is 1.68 bits per heavy atom. The smallest absolute Gasteiger partial charge is 0.337 e. The Hall–Kier alpha value is -3.23. The van der Waals surface area contributed by atoms with Gasteiger partial charge in [-0.3, -0.25) is 4.79 Å². The van der Waals surface area contributed by atoms with Crippen molar-refractivity contribution in [1.29, 1.82) is 0 Å². The summed E-state index contributed by atoms with van der Waals surface area (Å²) in [6.45, 7) is 0.576. The zero-order chi connectivity index (χ0) is 25.3. The van der Waals surface area contributed by atoms with E-state index in [1.165, 1.54) is 13.5 Å². The SMILES string of the molecule is C.COC(=O)c1ccc(C(=O)Nc2cccc3cc(S(=O)(=O)N4CCCC5CCCC4C5)ccc23)cc1. The molecule has 7 nitrogen and oxygen atoms in total. The van der Waals surface area contributed by atoms with E-state index >= 15 is 0 Å². The monoisotopic (exact) mass is 522 g/mol. The number of fused-ring (bicyclic) bond motifs is 3. The van der Waals surface area contributed by atoms with Crippen LogP contribution in [0.1, 0.15) is 66.7 Å². The molecule has 1 aliphatic carbocycles. The third-order valence-electron chi connectivity index (χ3n) is 7.43. The van der Waals surface area contributed by atoms with Gasteiger partial charge in [-0.2, -0.15) is 4.31 Å². The van der Waals surface area contributed by atoms with Gasteiger partial charge >= 0.3 is 5.97 Å². The van der Waals surface area contributed by atoms with Gasteiger partial charge in [0.25, 0.3) is 5.91 Å². The number of rotatable bonds is 5. The van der Waals surface area contributed by atoms with E-state index in [4.69, 9.17) is 4.74 Å². The molecule has 1 heterocycles. The highest BCUT2D eigenvalue weighted by molar-refractivity contribution is 7.89. The molecule has 2 atom stereocenters. The fourth-order valence-corrected chi connectivity index (χ4v) is 7.30. The molecule has 2 aliphatic rings. The van der Waals surface area contributed by atoms with Gasteiger partial charge in [0.2, 0.25) is 10.0 Å². The van der Waals surface area contributed by atoms with E-state index in [0.29, 0.717) is 34.2 Å². The van der Waals surface area contributed by atoms with Crippen molar-refractivity contribution in [1.82, 2.24) is 4.31 Å². The lowest BCUT2D eigenvalue weighted by atomic mass is 9.84. The topological polar surface area (TPSA) is 92.8 Å². The molecule has 3 aromatic carbocycles. The van der Waals surface area contributed by atoms with Gasteiger partial charge in [0.05, 0.1) is 17.6 Å². The summed E-state index contributed by atoms with van der Waals surface area (Å²) in [5, 5.41) is 4.40. The van der Waals surface area contributed by atoms with Gasteiger partial charge in [-0.1, -0.05) is 38.5 Å². The molecule has 8 heteroatoms. The molecule has 1 aliphatic heterocycles. The lowest BCUT2D eigenvalue weighted by Crippen LogP contribution is -2.41. The molecular weight excluding hydrogens is 488 g/mol. The number of nitrogens with zero attached hydrogens (tertiary/aromatic N) is 1. The third-order valence-corrected chi connectivity index (χ3v) is 9.38. The van der Waals surface area contributed by atoms with Crippen molar-refractivity contribution in [2.45, 2.75) is 56.9 Å². The van der Waals surface area contributed by atoms with Crippen molar-refractivity contribution >= 4 is 38.4 Å². The second kappa shape index (κ2) is 11.0. The fraction of sp³-hybridized carbons (Fsp3) is 0.379. The van der Waals surface area contributed by atoms with Crippen LogP contribution < -0.4 is 5.32 Å². The molecule has 1 amide bonds. The molecule has 0 aromatic heterocycles. The first-order chi connectivity index (χ1) is 17.4. The minimum absolute atomic E-state index is 0. The molecule has 1 saturated heterocycles. The molecule has 2 bridgehead atoms. The predicted octanol–water partition coefficient (Wildman–Crippen LogP) is 5.86. The maximum absolute atomic E-state index is 13.7. The molecule has 2 unspecified atom stereocenters. The number of amides is 1. The van der Waals surface area contributed by atoms with E-state index in [1.54, 1.807) is 58.9 Å². The molecule has 1 N–H and O–H groups in total. The number of nitrogens with one attached hydrogen (secondary N) is 1. The minimum atomic E-state index is -3.61. The molecule has 196 valence electrons. The Morgan fingerprint density at radius 1 is 0.946 bits per heavy atom. The van der Waals surface area contributed by atoms with E-state index in [2.05, 4.69) is 5.32 Å². The van der Waals surface area contributed by atoms with E-state index in [9.17, 15) is 18.0 Å². The third kappa shape index (κ3) is 5.40. The van der Waals surface area contributed by atoms with Crippen molar-refractivity contribution < 1.29 is 22.7 Å². The highest BCUT2D eigenvalue weighted by atomic mass is 32.2. The number of methoxy groups -OCH3 is 1. The van der Waals surface area contributed by atoms with Gasteiger partial charge in [0.15, 0.2) is 0 Å². The highest BCUT2D eigenvalue weighted by Gasteiger charge is 2.36. The predicted molar refractivity (Wildman–Crippen MR) is 145 cm³/mol. The van der Waals surface area contributed by atoms with Crippen LogP contribution in [0.5, 0.6) is 0 Å². The first-order valence-electron chi connectivity index (χ1n) is 12.4. The van der Waals surface area contributed by atoms with Gasteiger partial charge in [-0.15, -0.1) is 0 Å². The van der Waals surface area contributed by atoms with Gasteiger partial charge in [-0.25, -0.2) is 13.2 Å². The number of carbonyl (C=O) groups excluding carboxylic acids is 2. The van der Waals surface area contributed by atoms with Crippen molar-refractivity contribution in [3.05, 3.63) is 71.8 Å². The number of carbonyl (C=O) groups is 2. The number of ether oxygens (including phenoxy) is 1. The Kier molecular flexibility index (Phi) is 7.99. The number of sulfonamides is 1. The highest BCUT2D eigenvalue weighted by Crippen LogP contribution is 2.37. The van der Waals surface area contributed by atoms with Gasteiger partial charge in [0, 0.05) is 29.2 Å². The molecule has 0 radical (unpaired) electrons. The van der Waals surface area contributed by atoms with Gasteiger partial charge in [-0.05, 0) is 79.5 Å². The summed E-state index contributed by atoms with van der Waals surface area (Å²) in [5.41, 5.74) is 1.34. The quantitative estimate of drug-likeness (QED) is 0.424. The zero-order valence-corrected chi connectivity index (χ0v) is 21.1. The summed E-state index contributed by atoms with van der Waals surface area (Å²) < 4.78 is 33.7. The average Bonchev–Trinajstić information content (AvgIpc) is 3.05. The summed E-state index contributed by atoms with van der Waals surface area (Å²) in [4.78, 5) is 24.8. The molecule has 2 fully saturated rings. The van der Waals surface area contributed by atoms with Crippen LogP contribution in [0.3, 0.4) is 0 Å². The van der Waals surface area contributed by atoms with E-state index in [1.807, 2.05) is 6.07 Å². The van der Waals surface area contributed by atoms with Crippen LogP contribution in [0.15, 0.2) is 65.6 Å². The number of anilines is 1. The molecule has 1 saturated carbocycles. The van der Waals surface area contributed by atoms with Crippen molar-refractivity contribution in [2.24, 2.45) is 5.92 Å². The van der Waals surface area contributed by atoms with E-state index in [-0.39, 0.29) is 19.4 Å². The Balaban J connectivity index is 0.00000320. The number of benzene rings is 3. The van der Waals surface area contributed by atoms with E-state index in [0.717, 1.165) is 42.9 Å². The van der Waals surface area contributed by atoms with Gasteiger partial charge in [0.1, 0.15) is 0 Å². The summed E-state index contributed by atoms with van der Waals surface area (Å²) in [7, 11) is -2.31. The van der Waals surface area contributed by atoms with Crippen molar-refractivity contribution in [3.63, 3.8) is 0 Å². The van der Waals surface area contributed by atoms with Crippen LogP contribution in [-0.4, -0.2) is 44.3 Å². The number of hydrogen-bond acceptors (Lipinski definition) is 5. The van der Waals surface area contributed by atoms with Crippen molar-refractivity contribution in [3.8, 4) is 0 Å². The average molecular weight is 523 g/mol. The summed E-state index contributed by atoms with van der Waals surface area (Å²) in [6, 6.07) is 16.8. The second-order valence-corrected chi connectivity index (χ2v) is 11.5. The second-order valence-electron chi connectivity index (χ2n) is 9.66. The van der Waals surface area contributed by atoms with Crippen LogP contribution >= 0.6 is 0 Å². The Labute approximate surface area is 218 Å². The minimum Gasteiger partial charge on any atom is -0.465 e. The number of hydrogen-bond donors (Lipinski definition) is 1. The largest absolute Gasteiger partial charge is 0.465 e. The fourth-order valence-electron chi connectivity index (χ4n) is 5.56. The zero-order valence-electron chi connectivity index (χ0n) is 20.3. The van der Waals surface area contributed by atoms with Crippen LogP contribution in [-0.2, 0) is 14.8 Å². The molecule has 37 heavy (non-hydrogen) atoms. The lowest BCUT2D eigenvalue weighted by molar-refractivity contribution is 0.0600. The maximum Gasteiger partial charge on any atom is 0.337 e. The molecule has 5 rings (SSSR count). The Bertz CT molecular complexity index is 1400. The normalized spacial score (nSPS) is 19.9. The summed E-state index contributed by atoms with van der Waals surface area (Å²) in [5.74, 6) is -0.152. The van der Waals surface area contributed by atoms with E-state index < -0.39 is 16.0 Å². The molecule has 3 aromatic rings. The molecular formula is C29H34N2O5S. The first kappa shape index (κ1) is 26.8. The van der Waals surface area contributed by atoms with Gasteiger partial charge < -0.3 is 10.1 Å². The maximum atomic E-state index is 13.7. The molecule has 0 spiro atoms. The standard InChI is InChI=1S/C28H30N2O5S.CH4/c1-35-28(32)21-12-10-20(11-13-21)27(31)29-26-9-3-7-22-18-24(14-15-25(22)26)36(33,34)30-16-4-6-19-5-2-8-23(30)17-19;/h3,7,9-15,18-19,23H,2,4-6,8,16-17H2,1H3,(H,29,31);1H4. The summed E-state index contributed by atoms with van der Waals surface area (Å²) >= 11 is 0. The Morgan fingerprint density at radius 3 is 2.43 bits per heavy atom. The lowest BCUT2D eigenvalue weighted by Gasteiger charge is -2.33.